The minimum Gasteiger partial charge on any atom is -0.316 e. The third-order valence-electron chi connectivity index (χ3n) is 2.63. The van der Waals surface area contributed by atoms with Crippen molar-refractivity contribution in [1.82, 2.24) is 5.32 Å². The van der Waals surface area contributed by atoms with Crippen molar-refractivity contribution in [3.63, 3.8) is 0 Å². The molecule has 0 bridgehead atoms. The van der Waals surface area contributed by atoms with Gasteiger partial charge in [0.1, 0.15) is 0 Å². The lowest BCUT2D eigenvalue weighted by molar-refractivity contribution is 0.417. The molecule has 1 aliphatic rings. The average Bonchev–Trinajstić information content (AvgIpc) is 2.06. The molecule has 0 amide bonds. The molecule has 12 heavy (non-hydrogen) atoms. The van der Waals surface area contributed by atoms with E-state index in [-0.39, 0.29) is 0 Å². The van der Waals surface area contributed by atoms with E-state index in [1.54, 1.807) is 0 Å². The van der Waals surface area contributed by atoms with Crippen molar-refractivity contribution in [2.45, 2.75) is 39.0 Å². The smallest absolute Gasteiger partial charge is 0.0158 e. The molecule has 1 nitrogen and oxygen atoms in total. The van der Waals surface area contributed by atoms with Crippen molar-refractivity contribution < 1.29 is 0 Å². The Morgan fingerprint density at radius 1 is 1.33 bits per heavy atom. The Balaban J connectivity index is 2.31. The van der Waals surface area contributed by atoms with E-state index >= 15 is 0 Å². The predicted octanol–water partition coefficient (Wildman–Crippen LogP) is 2.73. The fraction of sp³-hybridized carbons (Fsp3) is 0.818. The fourth-order valence-electron chi connectivity index (χ4n) is 2.04. The number of hydrogen-bond donors (Lipinski definition) is 1. The standard InChI is InChI=1S/C11H21N/c1-10(9-12-2)8-11-6-4-3-5-7-11/h8,11-12H,3-7,9H2,1-2H3. The van der Waals surface area contributed by atoms with Crippen LogP contribution in [-0.4, -0.2) is 13.6 Å². The molecule has 0 radical (unpaired) electrons. The van der Waals surface area contributed by atoms with Crippen LogP contribution in [0.4, 0.5) is 0 Å². The van der Waals surface area contributed by atoms with Crippen molar-refractivity contribution in [1.29, 1.82) is 0 Å². The van der Waals surface area contributed by atoms with Crippen molar-refractivity contribution >= 4 is 0 Å². The summed E-state index contributed by atoms with van der Waals surface area (Å²) < 4.78 is 0. The Bertz CT molecular complexity index is 143. The molecule has 1 fully saturated rings. The zero-order chi connectivity index (χ0) is 8.81. The molecule has 70 valence electrons. The maximum atomic E-state index is 3.19. The lowest BCUT2D eigenvalue weighted by Gasteiger charge is -2.18. The minimum atomic E-state index is 0.882. The van der Waals surface area contributed by atoms with Crippen molar-refractivity contribution in [3.8, 4) is 0 Å². The number of nitrogens with one attached hydrogen (secondary N) is 1. The van der Waals surface area contributed by atoms with E-state index in [4.69, 9.17) is 0 Å². The van der Waals surface area contributed by atoms with Crippen LogP contribution >= 0.6 is 0 Å². The second kappa shape index (κ2) is 5.36. The Hall–Kier alpha value is -0.300. The molecule has 0 unspecified atom stereocenters. The molecule has 0 heterocycles. The molecule has 0 aromatic heterocycles. The summed E-state index contributed by atoms with van der Waals surface area (Å²) in [4.78, 5) is 0. The van der Waals surface area contributed by atoms with Crippen LogP contribution in [0.1, 0.15) is 39.0 Å². The summed E-state index contributed by atoms with van der Waals surface area (Å²) in [5, 5.41) is 3.19. The highest BCUT2D eigenvalue weighted by molar-refractivity contribution is 5.03. The Labute approximate surface area is 76.2 Å². The fourth-order valence-corrected chi connectivity index (χ4v) is 2.04. The van der Waals surface area contributed by atoms with Gasteiger partial charge in [0, 0.05) is 6.54 Å². The molecule has 1 heteroatoms. The molecule has 0 aliphatic heterocycles. The third-order valence-corrected chi connectivity index (χ3v) is 2.63. The van der Waals surface area contributed by atoms with Crippen LogP contribution < -0.4 is 5.32 Å². The van der Waals surface area contributed by atoms with E-state index in [9.17, 15) is 0 Å². The summed E-state index contributed by atoms with van der Waals surface area (Å²) in [6.07, 6.45) is 9.63. The number of likely N-dealkylation sites (N-methyl/N-ethyl adjacent to an activating group) is 1. The highest BCUT2D eigenvalue weighted by atomic mass is 14.8. The summed E-state index contributed by atoms with van der Waals surface area (Å²) in [5.41, 5.74) is 1.50. The summed E-state index contributed by atoms with van der Waals surface area (Å²) in [5.74, 6) is 0.882. The van der Waals surface area contributed by atoms with Gasteiger partial charge in [0.15, 0.2) is 0 Å². The monoisotopic (exact) mass is 167 g/mol. The maximum absolute atomic E-state index is 3.19. The van der Waals surface area contributed by atoms with Crippen LogP contribution in [0.15, 0.2) is 11.6 Å². The first-order valence-electron chi connectivity index (χ1n) is 5.15. The molecule has 0 aromatic rings. The Kier molecular flexibility index (Phi) is 4.37. The van der Waals surface area contributed by atoms with Gasteiger partial charge >= 0.3 is 0 Å². The van der Waals surface area contributed by atoms with Gasteiger partial charge in [0.2, 0.25) is 0 Å². The largest absolute Gasteiger partial charge is 0.316 e. The molecule has 0 atom stereocenters. The van der Waals surface area contributed by atoms with Gasteiger partial charge in [-0.1, -0.05) is 30.9 Å². The van der Waals surface area contributed by atoms with Gasteiger partial charge in [0.25, 0.3) is 0 Å². The average molecular weight is 167 g/mol. The molecule has 1 saturated carbocycles. The zero-order valence-corrected chi connectivity index (χ0v) is 8.40. The van der Waals surface area contributed by atoms with E-state index in [1.165, 1.54) is 37.7 Å². The molecule has 0 aromatic carbocycles. The molecule has 0 saturated heterocycles. The van der Waals surface area contributed by atoms with Crippen molar-refractivity contribution in [2.24, 2.45) is 5.92 Å². The van der Waals surface area contributed by atoms with E-state index in [0.29, 0.717) is 0 Å². The van der Waals surface area contributed by atoms with Gasteiger partial charge in [-0.3, -0.25) is 0 Å². The topological polar surface area (TPSA) is 12.0 Å². The lowest BCUT2D eigenvalue weighted by Crippen LogP contribution is -2.11. The van der Waals surface area contributed by atoms with Gasteiger partial charge < -0.3 is 5.32 Å². The lowest BCUT2D eigenvalue weighted by atomic mass is 9.88. The van der Waals surface area contributed by atoms with Gasteiger partial charge in [-0.15, -0.1) is 0 Å². The molecular weight excluding hydrogens is 146 g/mol. The number of allylic oxidation sites excluding steroid dienone is 1. The first kappa shape index (κ1) is 9.79. The van der Waals surface area contributed by atoms with Crippen LogP contribution in [0.5, 0.6) is 0 Å². The van der Waals surface area contributed by atoms with Gasteiger partial charge in [-0.05, 0) is 32.7 Å². The first-order chi connectivity index (χ1) is 5.83. The van der Waals surface area contributed by atoms with Crippen LogP contribution in [0, 0.1) is 5.92 Å². The normalized spacial score (nSPS) is 21.3. The summed E-state index contributed by atoms with van der Waals surface area (Å²) >= 11 is 0. The molecule has 1 aliphatic carbocycles. The molecule has 1 rings (SSSR count). The highest BCUT2D eigenvalue weighted by Crippen LogP contribution is 2.25. The van der Waals surface area contributed by atoms with Gasteiger partial charge in [0.05, 0.1) is 0 Å². The third kappa shape index (κ3) is 3.40. The molecule has 0 spiro atoms. The van der Waals surface area contributed by atoms with Crippen LogP contribution in [0.2, 0.25) is 0 Å². The molecule has 1 N–H and O–H groups in total. The maximum Gasteiger partial charge on any atom is 0.0158 e. The van der Waals surface area contributed by atoms with E-state index in [0.717, 1.165) is 12.5 Å². The number of rotatable bonds is 3. The predicted molar refractivity (Wildman–Crippen MR) is 54.3 cm³/mol. The van der Waals surface area contributed by atoms with Crippen LogP contribution in [0.25, 0.3) is 0 Å². The van der Waals surface area contributed by atoms with Crippen molar-refractivity contribution in [2.75, 3.05) is 13.6 Å². The number of hydrogen-bond acceptors (Lipinski definition) is 1. The van der Waals surface area contributed by atoms with Crippen molar-refractivity contribution in [3.05, 3.63) is 11.6 Å². The minimum absolute atomic E-state index is 0.882. The Morgan fingerprint density at radius 2 is 2.00 bits per heavy atom. The first-order valence-corrected chi connectivity index (χ1v) is 5.15. The van der Waals surface area contributed by atoms with E-state index in [2.05, 4.69) is 18.3 Å². The zero-order valence-electron chi connectivity index (χ0n) is 8.40. The highest BCUT2D eigenvalue weighted by Gasteiger charge is 2.10. The summed E-state index contributed by atoms with van der Waals surface area (Å²) in [6.45, 7) is 3.28. The van der Waals surface area contributed by atoms with E-state index < -0.39 is 0 Å². The Morgan fingerprint density at radius 3 is 2.58 bits per heavy atom. The second-order valence-corrected chi connectivity index (χ2v) is 3.94. The van der Waals surface area contributed by atoms with Gasteiger partial charge in [-0.2, -0.15) is 0 Å². The van der Waals surface area contributed by atoms with Crippen LogP contribution in [-0.2, 0) is 0 Å². The van der Waals surface area contributed by atoms with Gasteiger partial charge in [-0.25, -0.2) is 0 Å². The quantitative estimate of drug-likeness (QED) is 0.637. The van der Waals surface area contributed by atoms with Crippen LogP contribution in [0.3, 0.4) is 0 Å². The summed E-state index contributed by atoms with van der Waals surface area (Å²) in [6, 6.07) is 0. The SMILES string of the molecule is CNCC(C)=CC1CCCCC1. The summed E-state index contributed by atoms with van der Waals surface area (Å²) in [7, 11) is 2.01. The molecular formula is C11H21N. The van der Waals surface area contributed by atoms with E-state index in [1.807, 2.05) is 7.05 Å². The second-order valence-electron chi connectivity index (χ2n) is 3.94.